The summed E-state index contributed by atoms with van der Waals surface area (Å²) in [5, 5.41) is 0. The summed E-state index contributed by atoms with van der Waals surface area (Å²) < 4.78 is 86.7. The van der Waals surface area contributed by atoms with Crippen LogP contribution in [0, 0.1) is 11.7 Å². The van der Waals surface area contributed by atoms with Crippen LogP contribution in [0.4, 0.5) is 17.6 Å². The third-order valence-corrected chi connectivity index (χ3v) is 7.76. The minimum Gasteiger partial charge on any atom is -0.374 e. The summed E-state index contributed by atoms with van der Waals surface area (Å²) in [7, 11) is -3.78. The Morgan fingerprint density at radius 1 is 1.03 bits per heavy atom. The van der Waals surface area contributed by atoms with Crippen LogP contribution in [0.25, 0.3) is 0 Å². The predicted molar refractivity (Wildman–Crippen MR) is 121 cm³/mol. The third kappa shape index (κ3) is 6.68. The molecule has 5 nitrogen and oxygen atoms in total. The number of ketones is 1. The Labute approximate surface area is 201 Å². The maximum Gasteiger partial charge on any atom is 0.419 e. The lowest BCUT2D eigenvalue weighted by Gasteiger charge is -2.25. The molecule has 2 fully saturated rings. The molecule has 35 heavy (non-hydrogen) atoms. The Balaban J connectivity index is 1.57. The van der Waals surface area contributed by atoms with E-state index in [2.05, 4.69) is 4.72 Å². The topological polar surface area (TPSA) is 72.5 Å². The number of hydrogen-bond donors (Lipinski definition) is 1. The Morgan fingerprint density at radius 2 is 1.80 bits per heavy atom. The van der Waals surface area contributed by atoms with Crippen LogP contribution in [0.5, 0.6) is 0 Å². The Bertz CT molecular complexity index is 1190. The van der Waals surface area contributed by atoms with Gasteiger partial charge in [0, 0.05) is 26.0 Å². The van der Waals surface area contributed by atoms with Crippen molar-refractivity contribution in [2.75, 3.05) is 13.2 Å². The van der Waals surface area contributed by atoms with Gasteiger partial charge in [-0.15, -0.1) is 0 Å². The van der Waals surface area contributed by atoms with Crippen molar-refractivity contribution < 1.29 is 35.5 Å². The zero-order chi connectivity index (χ0) is 25.2. The summed E-state index contributed by atoms with van der Waals surface area (Å²) in [6.07, 6.45) is -1.15. The van der Waals surface area contributed by atoms with Gasteiger partial charge in [0.2, 0.25) is 10.0 Å². The summed E-state index contributed by atoms with van der Waals surface area (Å²) in [5.41, 5.74) is -0.216. The summed E-state index contributed by atoms with van der Waals surface area (Å²) >= 11 is 0. The van der Waals surface area contributed by atoms with Crippen LogP contribution in [0.3, 0.4) is 0 Å². The number of nitrogens with one attached hydrogen (secondary N) is 1. The average Bonchev–Trinajstić information content (AvgIpc) is 3.63. The van der Waals surface area contributed by atoms with Crippen LogP contribution >= 0.6 is 0 Å². The monoisotopic (exact) mass is 513 g/mol. The van der Waals surface area contributed by atoms with E-state index >= 15 is 0 Å². The fourth-order valence-corrected chi connectivity index (χ4v) is 5.40. The molecule has 0 amide bonds. The number of Topliss-reactive ketones (excluding diaryl/α,β-unsaturated/α-hetero) is 1. The first kappa shape index (κ1) is 25.8. The zero-order valence-electron chi connectivity index (χ0n) is 19.0. The average molecular weight is 514 g/mol. The highest BCUT2D eigenvalue weighted by molar-refractivity contribution is 7.89. The maximum absolute atomic E-state index is 13.6. The highest BCUT2D eigenvalue weighted by atomic mass is 32.2. The van der Waals surface area contributed by atoms with E-state index in [4.69, 9.17) is 4.74 Å². The Hall–Kier alpha value is -2.30. The minimum atomic E-state index is -4.87. The van der Waals surface area contributed by atoms with Crippen molar-refractivity contribution in [2.45, 2.75) is 62.1 Å². The molecule has 1 aliphatic carbocycles. The van der Waals surface area contributed by atoms with Crippen molar-refractivity contribution in [1.29, 1.82) is 0 Å². The second-order valence-corrected chi connectivity index (χ2v) is 11.0. The van der Waals surface area contributed by atoms with Gasteiger partial charge in [0.05, 0.1) is 16.6 Å². The molecular weight excluding hydrogens is 486 g/mol. The van der Waals surface area contributed by atoms with Crippen LogP contribution in [0.15, 0.2) is 41.3 Å². The normalized spacial score (nSPS) is 19.0. The largest absolute Gasteiger partial charge is 0.419 e. The number of halogens is 4. The zero-order valence-corrected chi connectivity index (χ0v) is 19.9. The second-order valence-electron chi connectivity index (χ2n) is 9.22. The molecule has 0 radical (unpaired) electrons. The number of sulfonamides is 1. The molecule has 0 bridgehead atoms. The fraction of sp³-hybridized carbons (Fsp3) is 0.480. The second kappa shape index (κ2) is 10.4. The van der Waals surface area contributed by atoms with E-state index in [1.807, 2.05) is 0 Å². The smallest absolute Gasteiger partial charge is 0.374 e. The SMILES string of the molecule is O=C(Cc1ccc(F)c(C(F)(F)F)c1)Cc1cc(S(=O)(=O)NCC2CC2)ccc1C1CCCCO1. The van der Waals surface area contributed by atoms with Gasteiger partial charge in [-0.3, -0.25) is 4.79 Å². The maximum atomic E-state index is 13.6. The highest BCUT2D eigenvalue weighted by Gasteiger charge is 2.34. The quantitative estimate of drug-likeness (QED) is 0.472. The first-order valence-corrected chi connectivity index (χ1v) is 13.1. The molecule has 2 aliphatic rings. The molecule has 2 aromatic rings. The lowest BCUT2D eigenvalue weighted by Crippen LogP contribution is -2.26. The summed E-state index contributed by atoms with van der Waals surface area (Å²) in [4.78, 5) is 12.9. The predicted octanol–water partition coefficient (Wildman–Crippen LogP) is 5.13. The molecule has 1 unspecified atom stereocenters. The minimum absolute atomic E-state index is 0.0293. The van der Waals surface area contributed by atoms with Crippen LogP contribution in [-0.2, 0) is 38.6 Å². The molecule has 1 saturated heterocycles. The molecule has 1 N–H and O–H groups in total. The van der Waals surface area contributed by atoms with Crippen molar-refractivity contribution in [3.8, 4) is 0 Å². The van der Waals surface area contributed by atoms with E-state index in [1.165, 1.54) is 12.1 Å². The van der Waals surface area contributed by atoms with Gasteiger partial charge in [0.15, 0.2) is 0 Å². The standard InChI is InChI=1S/C25H27F4NO4S/c26-23-9-6-17(12-22(23)25(27,28)29)11-19(31)13-18-14-20(35(32,33)30-15-16-4-5-16)7-8-21(18)24-3-1-2-10-34-24/h6-9,12,14,16,24,30H,1-5,10-11,13,15H2. The lowest BCUT2D eigenvalue weighted by molar-refractivity contribution is -0.140. The van der Waals surface area contributed by atoms with Gasteiger partial charge in [0.25, 0.3) is 0 Å². The van der Waals surface area contributed by atoms with Gasteiger partial charge in [-0.2, -0.15) is 13.2 Å². The highest BCUT2D eigenvalue weighted by Crippen LogP contribution is 2.34. The number of carbonyl (C=O) groups is 1. The van der Waals surface area contributed by atoms with E-state index in [1.54, 1.807) is 6.07 Å². The number of rotatable bonds is 9. The van der Waals surface area contributed by atoms with E-state index in [-0.39, 0.29) is 29.4 Å². The number of carbonyl (C=O) groups excluding carboxylic acids is 1. The fourth-order valence-electron chi connectivity index (χ4n) is 4.24. The summed E-state index contributed by atoms with van der Waals surface area (Å²) in [6, 6.07) is 7.09. The van der Waals surface area contributed by atoms with Gasteiger partial charge < -0.3 is 4.74 Å². The molecule has 190 valence electrons. The molecule has 0 aromatic heterocycles. The lowest BCUT2D eigenvalue weighted by atomic mass is 9.92. The van der Waals surface area contributed by atoms with Crippen molar-refractivity contribution >= 4 is 15.8 Å². The molecule has 1 heterocycles. The van der Waals surface area contributed by atoms with E-state index in [9.17, 15) is 30.8 Å². The van der Waals surface area contributed by atoms with E-state index in [0.717, 1.165) is 38.2 Å². The number of ether oxygens (including phenoxy) is 1. The summed E-state index contributed by atoms with van der Waals surface area (Å²) in [5.74, 6) is -1.47. The van der Waals surface area contributed by atoms with Crippen LogP contribution < -0.4 is 4.72 Å². The molecule has 0 spiro atoms. The Kier molecular flexibility index (Phi) is 7.63. The van der Waals surface area contributed by atoms with Gasteiger partial charge >= 0.3 is 6.18 Å². The Morgan fingerprint density at radius 3 is 2.46 bits per heavy atom. The molecule has 10 heteroatoms. The van der Waals surface area contributed by atoms with Crippen molar-refractivity contribution in [1.82, 2.24) is 4.72 Å². The first-order chi connectivity index (χ1) is 16.5. The first-order valence-electron chi connectivity index (χ1n) is 11.6. The van der Waals surface area contributed by atoms with Crippen LogP contribution in [-0.4, -0.2) is 27.4 Å². The van der Waals surface area contributed by atoms with E-state index < -0.39 is 33.4 Å². The number of hydrogen-bond acceptors (Lipinski definition) is 4. The van der Waals surface area contributed by atoms with Crippen molar-refractivity contribution in [2.24, 2.45) is 5.92 Å². The van der Waals surface area contributed by atoms with Crippen molar-refractivity contribution in [3.05, 3.63) is 64.5 Å². The molecule has 1 saturated carbocycles. The number of alkyl halides is 3. The molecular formula is C25H27F4NO4S. The van der Waals surface area contributed by atoms with Gasteiger partial charge in [-0.05, 0) is 79.0 Å². The number of benzene rings is 2. The molecule has 1 atom stereocenters. The van der Waals surface area contributed by atoms with Crippen LogP contribution in [0.2, 0.25) is 0 Å². The van der Waals surface area contributed by atoms with Gasteiger partial charge in [-0.1, -0.05) is 12.1 Å². The third-order valence-electron chi connectivity index (χ3n) is 6.34. The van der Waals surface area contributed by atoms with Crippen molar-refractivity contribution in [3.63, 3.8) is 0 Å². The van der Waals surface area contributed by atoms with Crippen LogP contribution in [0.1, 0.15) is 60.5 Å². The summed E-state index contributed by atoms with van der Waals surface area (Å²) in [6.45, 7) is 0.910. The van der Waals surface area contributed by atoms with E-state index in [0.29, 0.717) is 42.3 Å². The molecule has 4 rings (SSSR count). The van der Waals surface area contributed by atoms with Gasteiger partial charge in [0.1, 0.15) is 11.6 Å². The molecule has 1 aliphatic heterocycles. The molecule has 2 aromatic carbocycles. The van der Waals surface area contributed by atoms with Gasteiger partial charge in [-0.25, -0.2) is 17.5 Å².